The number of aliphatic carboxylic acids is 1. The van der Waals surface area contributed by atoms with Crippen LogP contribution in [0.5, 0.6) is 0 Å². The summed E-state index contributed by atoms with van der Waals surface area (Å²) >= 11 is 0. The standard InChI is InChI=1S/C9H16N2O5S/c1-7(12)10-3-4-11(17(2,15)16)8(6-10)5-9(13)14/h8H,3-6H2,1-2H3,(H,13,14)/t8-/m0/s1. The molecule has 8 heteroatoms. The molecule has 1 amide bonds. The summed E-state index contributed by atoms with van der Waals surface area (Å²) in [6.45, 7) is 1.97. The first kappa shape index (κ1) is 13.9. The second kappa shape index (κ2) is 5.01. The monoisotopic (exact) mass is 264 g/mol. The molecule has 1 aliphatic rings. The third-order valence-electron chi connectivity index (χ3n) is 2.71. The van der Waals surface area contributed by atoms with Gasteiger partial charge in [-0.3, -0.25) is 9.59 Å². The van der Waals surface area contributed by atoms with E-state index in [1.54, 1.807) is 0 Å². The van der Waals surface area contributed by atoms with Crippen LogP contribution in [0.1, 0.15) is 13.3 Å². The minimum absolute atomic E-state index is 0.134. The Kier molecular flexibility index (Phi) is 4.10. The highest BCUT2D eigenvalue weighted by molar-refractivity contribution is 7.88. The van der Waals surface area contributed by atoms with Gasteiger partial charge in [0.2, 0.25) is 15.9 Å². The first-order valence-corrected chi connectivity index (χ1v) is 7.00. The molecule has 1 saturated heterocycles. The largest absolute Gasteiger partial charge is 0.481 e. The van der Waals surface area contributed by atoms with Crippen LogP contribution in [-0.2, 0) is 19.6 Å². The maximum absolute atomic E-state index is 11.5. The lowest BCUT2D eigenvalue weighted by Gasteiger charge is -2.38. The van der Waals surface area contributed by atoms with Crippen molar-refractivity contribution in [2.24, 2.45) is 0 Å². The number of amides is 1. The van der Waals surface area contributed by atoms with Gasteiger partial charge in [-0.2, -0.15) is 4.31 Å². The lowest BCUT2D eigenvalue weighted by molar-refractivity contribution is -0.140. The van der Waals surface area contributed by atoms with Gasteiger partial charge < -0.3 is 10.0 Å². The molecule has 1 heterocycles. The molecule has 1 atom stereocenters. The van der Waals surface area contributed by atoms with Crippen molar-refractivity contribution < 1.29 is 23.1 Å². The van der Waals surface area contributed by atoms with Crippen molar-refractivity contribution in [1.29, 1.82) is 0 Å². The molecule has 1 fully saturated rings. The number of nitrogens with zero attached hydrogens (tertiary/aromatic N) is 2. The predicted octanol–water partition coefficient (Wildman–Crippen LogP) is -1.05. The SMILES string of the molecule is CC(=O)N1CCN(S(C)(=O)=O)[C@@H](CC(=O)O)C1. The predicted molar refractivity (Wildman–Crippen MR) is 59.8 cm³/mol. The molecule has 0 aliphatic carbocycles. The molecule has 1 aliphatic heterocycles. The van der Waals surface area contributed by atoms with Crippen LogP contribution in [0.15, 0.2) is 0 Å². The zero-order valence-electron chi connectivity index (χ0n) is 9.79. The van der Waals surface area contributed by atoms with Crippen LogP contribution in [0, 0.1) is 0 Å². The van der Waals surface area contributed by atoms with Gasteiger partial charge >= 0.3 is 5.97 Å². The number of carboxylic acids is 1. The molecule has 1 N–H and O–H groups in total. The van der Waals surface area contributed by atoms with E-state index in [0.29, 0.717) is 6.54 Å². The molecular weight excluding hydrogens is 248 g/mol. The van der Waals surface area contributed by atoms with Crippen LogP contribution in [0.2, 0.25) is 0 Å². The number of carbonyl (C=O) groups excluding carboxylic acids is 1. The summed E-state index contributed by atoms with van der Waals surface area (Å²) in [6, 6.07) is -0.680. The van der Waals surface area contributed by atoms with Crippen LogP contribution in [0.3, 0.4) is 0 Å². The van der Waals surface area contributed by atoms with Gasteiger partial charge in [0.25, 0.3) is 0 Å². The molecular formula is C9H16N2O5S. The first-order chi connectivity index (χ1) is 7.71. The summed E-state index contributed by atoms with van der Waals surface area (Å²) in [5, 5.41) is 8.75. The Labute approximate surface area is 100 Å². The van der Waals surface area contributed by atoms with Crippen molar-refractivity contribution in [3.63, 3.8) is 0 Å². The quantitative estimate of drug-likeness (QED) is 0.702. The molecule has 0 aromatic carbocycles. The lowest BCUT2D eigenvalue weighted by Crippen LogP contribution is -2.56. The third-order valence-corrected chi connectivity index (χ3v) is 4.04. The molecule has 17 heavy (non-hydrogen) atoms. The molecule has 98 valence electrons. The van der Waals surface area contributed by atoms with Crippen molar-refractivity contribution in [3.05, 3.63) is 0 Å². The lowest BCUT2D eigenvalue weighted by atomic mass is 10.1. The average Bonchev–Trinajstić information content (AvgIpc) is 2.14. The molecule has 0 spiro atoms. The zero-order valence-corrected chi connectivity index (χ0v) is 10.6. The van der Waals surface area contributed by atoms with E-state index in [9.17, 15) is 18.0 Å². The summed E-state index contributed by atoms with van der Waals surface area (Å²) in [6.07, 6.45) is 0.752. The van der Waals surface area contributed by atoms with E-state index >= 15 is 0 Å². The minimum Gasteiger partial charge on any atom is -0.481 e. The Morgan fingerprint density at radius 3 is 2.35 bits per heavy atom. The minimum atomic E-state index is -3.44. The molecule has 0 aromatic heterocycles. The van der Waals surface area contributed by atoms with Gasteiger partial charge in [-0.15, -0.1) is 0 Å². The van der Waals surface area contributed by atoms with E-state index in [1.807, 2.05) is 0 Å². The summed E-state index contributed by atoms with van der Waals surface area (Å²) in [5.41, 5.74) is 0. The fourth-order valence-corrected chi connectivity index (χ4v) is 3.03. The van der Waals surface area contributed by atoms with Crippen LogP contribution in [0.25, 0.3) is 0 Å². The maximum Gasteiger partial charge on any atom is 0.305 e. The highest BCUT2D eigenvalue weighted by atomic mass is 32.2. The fraction of sp³-hybridized carbons (Fsp3) is 0.778. The summed E-state index contributed by atoms with van der Waals surface area (Å²) in [7, 11) is -3.44. The summed E-state index contributed by atoms with van der Waals surface area (Å²) in [4.78, 5) is 23.4. The van der Waals surface area contributed by atoms with Crippen LogP contribution < -0.4 is 0 Å². The van der Waals surface area contributed by atoms with Crippen LogP contribution in [0.4, 0.5) is 0 Å². The summed E-state index contributed by atoms with van der Waals surface area (Å²) < 4.78 is 24.1. The topological polar surface area (TPSA) is 95.0 Å². The van der Waals surface area contributed by atoms with Gasteiger partial charge in [-0.25, -0.2) is 8.42 Å². The highest BCUT2D eigenvalue weighted by Gasteiger charge is 2.34. The molecule has 7 nitrogen and oxygen atoms in total. The molecule has 0 aromatic rings. The smallest absolute Gasteiger partial charge is 0.305 e. The van der Waals surface area contributed by atoms with Crippen LogP contribution in [-0.4, -0.2) is 66.5 Å². The van der Waals surface area contributed by atoms with Gasteiger partial charge in [0.15, 0.2) is 0 Å². The number of carbonyl (C=O) groups is 2. The van der Waals surface area contributed by atoms with Crippen molar-refractivity contribution >= 4 is 21.9 Å². The Morgan fingerprint density at radius 2 is 1.94 bits per heavy atom. The van der Waals surface area contributed by atoms with E-state index in [4.69, 9.17) is 5.11 Å². The fourth-order valence-electron chi connectivity index (χ4n) is 1.93. The number of sulfonamides is 1. The first-order valence-electron chi connectivity index (χ1n) is 5.16. The van der Waals surface area contributed by atoms with Crippen LogP contribution >= 0.6 is 0 Å². The number of hydrogen-bond donors (Lipinski definition) is 1. The number of hydrogen-bond acceptors (Lipinski definition) is 4. The van der Waals surface area contributed by atoms with Crippen molar-refractivity contribution in [2.45, 2.75) is 19.4 Å². The van der Waals surface area contributed by atoms with Gasteiger partial charge in [0, 0.05) is 26.6 Å². The molecule has 0 radical (unpaired) electrons. The van der Waals surface area contributed by atoms with Gasteiger partial charge in [0.1, 0.15) is 0 Å². The van der Waals surface area contributed by atoms with E-state index in [0.717, 1.165) is 10.6 Å². The second-order valence-electron chi connectivity index (χ2n) is 4.09. The third kappa shape index (κ3) is 3.67. The molecule has 0 unspecified atom stereocenters. The van der Waals surface area contributed by atoms with Crippen molar-refractivity contribution in [3.8, 4) is 0 Å². The number of piperazine rings is 1. The number of rotatable bonds is 3. The zero-order chi connectivity index (χ0) is 13.2. The highest BCUT2D eigenvalue weighted by Crippen LogP contribution is 2.16. The van der Waals surface area contributed by atoms with Gasteiger partial charge in [-0.1, -0.05) is 0 Å². The molecule has 0 saturated carbocycles. The van der Waals surface area contributed by atoms with Gasteiger partial charge in [-0.05, 0) is 0 Å². The average molecular weight is 264 g/mol. The van der Waals surface area contributed by atoms with E-state index in [2.05, 4.69) is 0 Å². The normalized spacial score (nSPS) is 22.5. The maximum atomic E-state index is 11.5. The summed E-state index contributed by atoms with van der Waals surface area (Å²) in [5.74, 6) is -1.25. The van der Waals surface area contributed by atoms with Crippen molar-refractivity contribution in [1.82, 2.24) is 9.21 Å². The Hall–Kier alpha value is -1.15. The Balaban J connectivity index is 2.87. The van der Waals surface area contributed by atoms with E-state index in [-0.39, 0.29) is 25.4 Å². The number of carboxylic acid groups (broad SMARTS) is 1. The second-order valence-corrected chi connectivity index (χ2v) is 6.03. The Bertz CT molecular complexity index is 419. The van der Waals surface area contributed by atoms with E-state index in [1.165, 1.54) is 11.8 Å². The Morgan fingerprint density at radius 1 is 1.35 bits per heavy atom. The molecule has 0 bridgehead atoms. The van der Waals surface area contributed by atoms with E-state index < -0.39 is 22.0 Å². The van der Waals surface area contributed by atoms with Gasteiger partial charge in [0.05, 0.1) is 18.7 Å². The molecule has 1 rings (SSSR count). The van der Waals surface area contributed by atoms with Crippen molar-refractivity contribution in [2.75, 3.05) is 25.9 Å².